The molecule has 0 spiro atoms. The van der Waals surface area contributed by atoms with Gasteiger partial charge in [0, 0.05) is 31.4 Å². The van der Waals surface area contributed by atoms with Crippen molar-refractivity contribution in [1.29, 1.82) is 0 Å². The minimum absolute atomic E-state index is 0.0533. The number of amides is 1. The number of hydrogen-bond donors (Lipinski definition) is 2. The summed E-state index contributed by atoms with van der Waals surface area (Å²) in [6, 6.07) is 15.6. The standard InChI is InChI=1S/C22H23F2NO3/c23-22(24)11-14(12-22)20(9-10-26)25-21(27)28-13-19-17-7-3-1-5-15(17)16-6-2-4-8-18(16)19/h1-8,14,19-20,26H,9-13H2,(H,25,27). The Morgan fingerprint density at radius 1 is 1.11 bits per heavy atom. The third-order valence-electron chi connectivity index (χ3n) is 5.78. The van der Waals surface area contributed by atoms with Crippen LogP contribution in [0.1, 0.15) is 36.3 Å². The number of rotatable bonds is 6. The van der Waals surface area contributed by atoms with Crippen LogP contribution in [0.4, 0.5) is 13.6 Å². The van der Waals surface area contributed by atoms with Crippen LogP contribution in [0.3, 0.4) is 0 Å². The van der Waals surface area contributed by atoms with Crippen LogP contribution >= 0.6 is 0 Å². The number of alkyl carbamates (subject to hydrolysis) is 1. The SMILES string of the molecule is O=C(NC(CCO)C1CC(F)(F)C1)OCC1c2ccccc2-c2ccccc21. The van der Waals surface area contributed by atoms with E-state index in [0.29, 0.717) is 0 Å². The predicted molar refractivity (Wildman–Crippen MR) is 101 cm³/mol. The van der Waals surface area contributed by atoms with Gasteiger partial charge in [0.05, 0.1) is 0 Å². The molecule has 1 saturated carbocycles. The number of aliphatic hydroxyl groups is 1. The number of carbonyl (C=O) groups is 1. The van der Waals surface area contributed by atoms with E-state index in [9.17, 15) is 18.7 Å². The quantitative estimate of drug-likeness (QED) is 0.776. The highest BCUT2D eigenvalue weighted by atomic mass is 19.3. The molecule has 1 amide bonds. The van der Waals surface area contributed by atoms with Crippen LogP contribution in [0.15, 0.2) is 48.5 Å². The van der Waals surface area contributed by atoms with E-state index in [-0.39, 0.29) is 44.3 Å². The monoisotopic (exact) mass is 387 g/mol. The molecule has 2 aromatic rings. The van der Waals surface area contributed by atoms with Gasteiger partial charge in [-0.2, -0.15) is 0 Å². The molecule has 1 atom stereocenters. The van der Waals surface area contributed by atoms with E-state index in [1.165, 1.54) is 0 Å². The van der Waals surface area contributed by atoms with E-state index in [2.05, 4.69) is 17.4 Å². The van der Waals surface area contributed by atoms with Crippen molar-refractivity contribution in [2.75, 3.05) is 13.2 Å². The molecule has 1 unspecified atom stereocenters. The molecule has 0 aliphatic heterocycles. The Labute approximate surface area is 162 Å². The van der Waals surface area contributed by atoms with Crippen molar-refractivity contribution in [2.24, 2.45) is 5.92 Å². The van der Waals surface area contributed by atoms with Gasteiger partial charge in [-0.15, -0.1) is 0 Å². The molecule has 4 nitrogen and oxygen atoms in total. The summed E-state index contributed by atoms with van der Waals surface area (Å²) in [5.41, 5.74) is 4.51. The third kappa shape index (κ3) is 3.61. The van der Waals surface area contributed by atoms with Gasteiger partial charge in [0.1, 0.15) is 6.61 Å². The fourth-order valence-corrected chi connectivity index (χ4v) is 4.35. The first-order valence-corrected chi connectivity index (χ1v) is 9.59. The van der Waals surface area contributed by atoms with Gasteiger partial charge in [0.25, 0.3) is 0 Å². The van der Waals surface area contributed by atoms with Crippen molar-refractivity contribution >= 4 is 6.09 Å². The zero-order chi connectivity index (χ0) is 19.7. The largest absolute Gasteiger partial charge is 0.449 e. The maximum absolute atomic E-state index is 13.2. The summed E-state index contributed by atoms with van der Waals surface area (Å²) < 4.78 is 31.8. The van der Waals surface area contributed by atoms with Gasteiger partial charge in [-0.3, -0.25) is 0 Å². The van der Waals surface area contributed by atoms with Crippen molar-refractivity contribution in [3.63, 3.8) is 0 Å². The maximum atomic E-state index is 13.2. The lowest BCUT2D eigenvalue weighted by molar-refractivity contribution is -0.120. The van der Waals surface area contributed by atoms with Crippen LogP contribution in [0.25, 0.3) is 11.1 Å². The number of ether oxygens (including phenoxy) is 1. The third-order valence-corrected chi connectivity index (χ3v) is 5.78. The highest BCUT2D eigenvalue weighted by Crippen LogP contribution is 2.45. The van der Waals surface area contributed by atoms with Crippen LogP contribution in [0.2, 0.25) is 0 Å². The van der Waals surface area contributed by atoms with E-state index in [1.54, 1.807) is 0 Å². The number of fused-ring (bicyclic) bond motifs is 3. The molecule has 2 aliphatic rings. The summed E-state index contributed by atoms with van der Waals surface area (Å²) in [5.74, 6) is -3.05. The summed E-state index contributed by atoms with van der Waals surface area (Å²) in [6.07, 6.45) is -0.913. The molecule has 148 valence electrons. The summed E-state index contributed by atoms with van der Waals surface area (Å²) in [4.78, 5) is 12.3. The molecular formula is C22H23F2NO3. The van der Waals surface area contributed by atoms with Crippen LogP contribution in [-0.2, 0) is 4.74 Å². The predicted octanol–water partition coefficient (Wildman–Crippen LogP) is 4.32. The molecule has 6 heteroatoms. The van der Waals surface area contributed by atoms with Crippen molar-refractivity contribution in [3.05, 3.63) is 59.7 Å². The number of carbonyl (C=O) groups excluding carboxylic acids is 1. The Kier molecular flexibility index (Phi) is 5.06. The first kappa shape index (κ1) is 18.9. The van der Waals surface area contributed by atoms with Gasteiger partial charge in [-0.05, 0) is 34.6 Å². The Morgan fingerprint density at radius 3 is 2.21 bits per heavy atom. The van der Waals surface area contributed by atoms with Crippen molar-refractivity contribution in [2.45, 2.75) is 37.1 Å². The lowest BCUT2D eigenvalue weighted by Crippen LogP contribution is -2.50. The normalized spacial score (nSPS) is 18.7. The molecule has 2 aromatic carbocycles. The zero-order valence-corrected chi connectivity index (χ0v) is 15.4. The van der Waals surface area contributed by atoms with E-state index in [1.807, 2.05) is 36.4 Å². The van der Waals surface area contributed by atoms with Crippen molar-refractivity contribution in [1.82, 2.24) is 5.32 Å². The molecular weight excluding hydrogens is 364 g/mol. The Morgan fingerprint density at radius 2 is 1.68 bits per heavy atom. The van der Waals surface area contributed by atoms with E-state index < -0.39 is 18.1 Å². The average Bonchev–Trinajstić information content (AvgIpc) is 2.98. The van der Waals surface area contributed by atoms with Crippen LogP contribution < -0.4 is 5.32 Å². The second-order valence-corrected chi connectivity index (χ2v) is 7.61. The van der Waals surface area contributed by atoms with Gasteiger partial charge in [0.15, 0.2) is 0 Å². The van der Waals surface area contributed by atoms with Gasteiger partial charge in [-0.25, -0.2) is 13.6 Å². The minimum Gasteiger partial charge on any atom is -0.449 e. The first-order chi connectivity index (χ1) is 13.5. The molecule has 4 rings (SSSR count). The number of halogens is 2. The molecule has 2 N–H and O–H groups in total. The Hall–Kier alpha value is -2.47. The van der Waals surface area contributed by atoms with Crippen molar-refractivity contribution < 1.29 is 23.4 Å². The van der Waals surface area contributed by atoms with Gasteiger partial charge in [0.2, 0.25) is 5.92 Å². The topological polar surface area (TPSA) is 58.6 Å². The number of alkyl halides is 2. The van der Waals surface area contributed by atoms with Gasteiger partial charge >= 0.3 is 6.09 Å². The summed E-state index contributed by atoms with van der Waals surface area (Å²) >= 11 is 0. The van der Waals surface area contributed by atoms with Crippen LogP contribution in [0, 0.1) is 5.92 Å². The summed E-state index contributed by atoms with van der Waals surface area (Å²) in [7, 11) is 0. The average molecular weight is 387 g/mol. The maximum Gasteiger partial charge on any atom is 0.407 e. The number of hydrogen-bond acceptors (Lipinski definition) is 3. The minimum atomic E-state index is -2.67. The van der Waals surface area contributed by atoms with Crippen molar-refractivity contribution in [3.8, 4) is 11.1 Å². The molecule has 0 saturated heterocycles. The summed E-state index contributed by atoms with van der Waals surface area (Å²) in [6.45, 7) is 0.00290. The second-order valence-electron chi connectivity index (χ2n) is 7.61. The van der Waals surface area contributed by atoms with Gasteiger partial charge in [-0.1, -0.05) is 48.5 Å². The fourth-order valence-electron chi connectivity index (χ4n) is 4.35. The Bertz CT molecular complexity index is 817. The number of aliphatic hydroxyl groups excluding tert-OH is 1. The Balaban J connectivity index is 1.41. The highest BCUT2D eigenvalue weighted by molar-refractivity contribution is 5.79. The van der Waals surface area contributed by atoms with Crippen LogP contribution in [-0.4, -0.2) is 36.4 Å². The van der Waals surface area contributed by atoms with E-state index in [4.69, 9.17) is 4.74 Å². The highest BCUT2D eigenvalue weighted by Gasteiger charge is 2.48. The van der Waals surface area contributed by atoms with Gasteiger partial charge < -0.3 is 15.2 Å². The fraction of sp³-hybridized carbons (Fsp3) is 0.409. The zero-order valence-electron chi connectivity index (χ0n) is 15.4. The smallest absolute Gasteiger partial charge is 0.407 e. The molecule has 2 aliphatic carbocycles. The molecule has 0 radical (unpaired) electrons. The second kappa shape index (κ2) is 7.51. The molecule has 0 aromatic heterocycles. The molecule has 0 bridgehead atoms. The molecule has 0 heterocycles. The number of benzene rings is 2. The molecule has 28 heavy (non-hydrogen) atoms. The van der Waals surface area contributed by atoms with E-state index in [0.717, 1.165) is 22.3 Å². The number of nitrogens with one attached hydrogen (secondary N) is 1. The first-order valence-electron chi connectivity index (χ1n) is 9.59. The van der Waals surface area contributed by atoms with Crippen LogP contribution in [0.5, 0.6) is 0 Å². The summed E-state index contributed by atoms with van der Waals surface area (Å²) in [5, 5.41) is 11.9. The molecule has 1 fully saturated rings. The van der Waals surface area contributed by atoms with E-state index >= 15 is 0 Å². The lowest BCUT2D eigenvalue weighted by Gasteiger charge is -2.40. The lowest BCUT2D eigenvalue weighted by atomic mass is 9.75.